The first-order valence-corrected chi connectivity index (χ1v) is 29.1. The SMILES string of the molecule is CC(C)C[C@H](N)C(=O)O.CC(C)[C@H](N)C(=O)O.CC[C@H](C)[C@H](N)C(=O)O.CSCC[C@H](N)C(=O)O.C[C@H](N)C(=O)O.NCC(=O)O.N[C@@H](CS)C(=O)O.N[C@@H](Cc1c[nH]c2ccccc12)C(=O)O.N[C@@H](Cc1ccccc1)C(=O)O.O=C(O)[C@@H]1CCCN1. The van der Waals surface area contributed by atoms with E-state index in [1.54, 1.807) is 25.6 Å². The lowest BCUT2D eigenvalue weighted by Gasteiger charge is -2.11. The molecule has 10 atom stereocenters. The normalized spacial score (nSPS) is 14.6. The van der Waals surface area contributed by atoms with Crippen LogP contribution in [0.3, 0.4) is 0 Å². The molecule has 31 nitrogen and oxygen atoms in total. The lowest BCUT2D eigenvalue weighted by Crippen LogP contribution is -2.36. The minimum atomic E-state index is -1.00. The second-order valence-corrected chi connectivity index (χ2v) is 21.0. The average Bonchev–Trinajstić information content (AvgIpc) is 4.23. The van der Waals surface area contributed by atoms with Gasteiger partial charge in [0.15, 0.2) is 0 Å². The van der Waals surface area contributed by atoms with Gasteiger partial charge in [-0.1, -0.05) is 96.5 Å². The van der Waals surface area contributed by atoms with Gasteiger partial charge in [0.2, 0.25) is 0 Å². The van der Waals surface area contributed by atoms with Gasteiger partial charge in [0.05, 0.1) is 6.54 Å². The van der Waals surface area contributed by atoms with Crippen LogP contribution in [0.4, 0.5) is 0 Å². The maximum atomic E-state index is 10.6. The number of thiol groups is 1. The molecule has 0 aliphatic carbocycles. The Morgan fingerprint density at radius 1 is 0.591 bits per heavy atom. The summed E-state index contributed by atoms with van der Waals surface area (Å²) in [6.45, 7) is 13.2. The average molecular weight is 1300 g/mol. The quantitative estimate of drug-likeness (QED) is 0.0573. The van der Waals surface area contributed by atoms with E-state index in [9.17, 15) is 47.9 Å². The number of hydrogen-bond donors (Lipinski definition) is 22. The Morgan fingerprint density at radius 2 is 1.02 bits per heavy atom. The van der Waals surface area contributed by atoms with Gasteiger partial charge in [-0.3, -0.25) is 47.9 Å². The number of aromatic nitrogens is 1. The molecular weight excluding hydrogens is 1200 g/mol. The van der Waals surface area contributed by atoms with Crippen molar-refractivity contribution in [2.45, 2.75) is 148 Å². The van der Waals surface area contributed by atoms with E-state index < -0.39 is 108 Å². The Labute approximate surface area is 522 Å². The highest BCUT2D eigenvalue weighted by molar-refractivity contribution is 7.98. The first-order valence-electron chi connectivity index (χ1n) is 27.1. The largest absolute Gasteiger partial charge is 0.480 e. The molecule has 4 rings (SSSR count). The Balaban J connectivity index is -0.000000216. The number of H-pyrrole nitrogens is 1. The fourth-order valence-corrected chi connectivity index (χ4v) is 5.96. The number of nitrogens with two attached hydrogens (primary N) is 9. The highest BCUT2D eigenvalue weighted by Crippen LogP contribution is 2.18. The van der Waals surface area contributed by atoms with Gasteiger partial charge in [-0.2, -0.15) is 24.4 Å². The molecule has 1 saturated heterocycles. The van der Waals surface area contributed by atoms with E-state index in [0.29, 0.717) is 31.6 Å². The summed E-state index contributed by atoms with van der Waals surface area (Å²) in [7, 11) is 0. The van der Waals surface area contributed by atoms with Crippen LogP contribution >= 0.6 is 24.4 Å². The number of benzene rings is 2. The minimum Gasteiger partial charge on any atom is -0.480 e. The lowest BCUT2D eigenvalue weighted by molar-refractivity contribution is -0.140. The zero-order valence-electron chi connectivity index (χ0n) is 51.1. The van der Waals surface area contributed by atoms with Gasteiger partial charge >= 0.3 is 59.7 Å². The van der Waals surface area contributed by atoms with Crippen LogP contribution in [0.1, 0.15) is 91.7 Å². The number of para-hydroxylation sites is 1. The minimum absolute atomic E-state index is 0.0208. The molecule has 1 aliphatic heterocycles. The Morgan fingerprint density at radius 3 is 1.30 bits per heavy atom. The molecule has 2 aromatic carbocycles. The molecule has 33 heteroatoms. The van der Waals surface area contributed by atoms with Crippen LogP contribution in [0, 0.1) is 17.8 Å². The summed E-state index contributed by atoms with van der Waals surface area (Å²) < 4.78 is 0. The van der Waals surface area contributed by atoms with Crippen molar-refractivity contribution < 1.29 is 99.0 Å². The molecule has 30 N–H and O–H groups in total. The van der Waals surface area contributed by atoms with Crippen molar-refractivity contribution in [1.29, 1.82) is 0 Å². The number of rotatable bonds is 23. The fraction of sp³-hybridized carbons (Fsp3) is 0.564. The van der Waals surface area contributed by atoms with Crippen LogP contribution in [-0.2, 0) is 60.8 Å². The summed E-state index contributed by atoms with van der Waals surface area (Å²) in [5.74, 6) is -7.80. The third-order valence-corrected chi connectivity index (χ3v) is 12.1. The summed E-state index contributed by atoms with van der Waals surface area (Å²) in [5, 5.41) is 86.1. The number of hydrogen-bond acceptors (Lipinski definition) is 22. The van der Waals surface area contributed by atoms with Gasteiger partial charge in [-0.25, -0.2) is 0 Å². The second-order valence-electron chi connectivity index (χ2n) is 19.6. The Kier molecular flexibility index (Phi) is 57.9. The zero-order chi connectivity index (χ0) is 70.0. The molecule has 88 heavy (non-hydrogen) atoms. The molecule has 3 aromatic rings. The topological polar surface area (TPSA) is 635 Å². The predicted octanol–water partition coefficient (Wildman–Crippen LogP) is 0.457. The zero-order valence-corrected chi connectivity index (χ0v) is 52.8. The first-order chi connectivity index (χ1) is 40.6. The molecule has 1 fully saturated rings. The summed E-state index contributed by atoms with van der Waals surface area (Å²) in [6, 6.07) is 10.9. The number of carboxylic acid groups (broad SMARTS) is 10. The van der Waals surface area contributed by atoms with E-state index >= 15 is 0 Å². The van der Waals surface area contributed by atoms with Gasteiger partial charge in [-0.15, -0.1) is 0 Å². The van der Waals surface area contributed by atoms with Crippen LogP contribution in [-0.4, -0.2) is 201 Å². The molecule has 0 saturated carbocycles. The van der Waals surface area contributed by atoms with E-state index in [2.05, 4.69) is 28.7 Å². The second kappa shape index (κ2) is 55.3. The Bertz CT molecular complexity index is 2410. The lowest BCUT2D eigenvalue weighted by atomic mass is 10.0. The number of thioether (sulfide) groups is 1. The number of carboxylic acids is 10. The van der Waals surface area contributed by atoms with Crippen LogP contribution < -0.4 is 56.9 Å². The molecule has 2 heterocycles. The molecule has 0 bridgehead atoms. The van der Waals surface area contributed by atoms with Gasteiger partial charge in [0.25, 0.3) is 0 Å². The summed E-state index contributed by atoms with van der Waals surface area (Å²) in [5.41, 5.74) is 48.9. The van der Waals surface area contributed by atoms with E-state index in [1.165, 1.54) is 6.92 Å². The van der Waals surface area contributed by atoms with Gasteiger partial charge in [-0.05, 0) is 92.5 Å². The maximum absolute atomic E-state index is 10.6. The summed E-state index contributed by atoms with van der Waals surface area (Å²) in [6.07, 6.45) is 8.17. The van der Waals surface area contributed by atoms with Crippen molar-refractivity contribution in [3.8, 4) is 0 Å². The third kappa shape index (κ3) is 54.4. The van der Waals surface area contributed by atoms with Crippen LogP contribution in [0.5, 0.6) is 0 Å². The van der Waals surface area contributed by atoms with Gasteiger partial charge < -0.3 is 113 Å². The Hall–Kier alpha value is -7.02. The molecular formula is C55H99N11O20S2. The molecule has 0 unspecified atom stereocenters. The van der Waals surface area contributed by atoms with Crippen LogP contribution in [0.25, 0.3) is 10.9 Å². The standard InChI is InChI=1S/C11H12N2O2.C9H11NO2.2C6H13NO2.C5H11NO2S.C5H9NO2.C5H11NO2.C3H7NO2S.C3H7NO2.C2H5NO2/c12-9(11(14)15)5-7-6-13-10-4-2-1-3-8(7)10;10-8(9(11)12)6-7-4-2-1-3-5-7;1-4(2)3-5(7)6(8)9;1-3-4(2)5(7)6(8)9;1-9-3-2-4(6)5(7)8;7-5(8)4-2-1-3-6-4;1-3(2)4(6)5(7)8;4-2(1-7)3(5)6;1-2(4)3(5)6;3-1-2(4)5/h1-4,6,9,13H,5,12H2,(H,14,15);1-5,8H,6,10H2,(H,11,12);2*4-5H,3,7H2,1-2H3,(H,8,9);4H,2-3,6H2,1H3,(H,7,8);4,6H,1-3H2,(H,7,8);3-4H,6H2,1-2H3,(H,7,8);2,7H,1,4H2,(H,5,6);2H,4H2,1H3,(H,5,6);1,3H2,(H,4,5)/t9-;8-;5-;4-,5-;3*4-;2*2-;/m000000000./s1. The molecule has 0 radical (unpaired) electrons. The monoisotopic (exact) mass is 1300 g/mol. The highest BCUT2D eigenvalue weighted by Gasteiger charge is 2.21. The van der Waals surface area contributed by atoms with Gasteiger partial charge in [0, 0.05) is 29.3 Å². The molecule has 506 valence electrons. The van der Waals surface area contributed by atoms with Crippen molar-refractivity contribution in [2.75, 3.05) is 30.9 Å². The number of fused-ring (bicyclic) bond motifs is 1. The molecule has 1 aliphatic rings. The number of carbonyl (C=O) groups is 10. The van der Waals surface area contributed by atoms with Crippen molar-refractivity contribution in [3.05, 3.63) is 71.9 Å². The van der Waals surface area contributed by atoms with Crippen LogP contribution in [0.15, 0.2) is 60.8 Å². The molecule has 0 spiro atoms. The van der Waals surface area contributed by atoms with Crippen molar-refractivity contribution in [2.24, 2.45) is 69.4 Å². The van der Waals surface area contributed by atoms with E-state index in [4.69, 9.17) is 96.9 Å². The van der Waals surface area contributed by atoms with Gasteiger partial charge in [0.1, 0.15) is 54.4 Å². The predicted molar refractivity (Wildman–Crippen MR) is 339 cm³/mol. The molecule has 0 amide bonds. The van der Waals surface area contributed by atoms with Crippen molar-refractivity contribution in [1.82, 2.24) is 10.3 Å². The van der Waals surface area contributed by atoms with Crippen LogP contribution in [0.2, 0.25) is 0 Å². The van der Waals surface area contributed by atoms with Crippen molar-refractivity contribution in [3.63, 3.8) is 0 Å². The molecule has 1 aromatic heterocycles. The summed E-state index contributed by atoms with van der Waals surface area (Å²) in [4.78, 5) is 103. The number of aliphatic carboxylic acids is 10. The van der Waals surface area contributed by atoms with E-state index in [1.807, 2.05) is 94.7 Å². The van der Waals surface area contributed by atoms with E-state index in [0.717, 1.165) is 53.6 Å². The highest BCUT2D eigenvalue weighted by atomic mass is 32.2. The maximum Gasteiger partial charge on any atom is 0.321 e. The summed E-state index contributed by atoms with van der Waals surface area (Å²) >= 11 is 5.25. The fourth-order valence-electron chi connectivity index (χ4n) is 5.31. The first kappa shape index (κ1) is 92.1. The van der Waals surface area contributed by atoms with Crippen molar-refractivity contribution >= 4 is 95.0 Å². The number of nitrogens with one attached hydrogen (secondary N) is 2. The third-order valence-electron chi connectivity index (χ3n) is 11.0. The smallest absolute Gasteiger partial charge is 0.321 e. The van der Waals surface area contributed by atoms with E-state index in [-0.39, 0.29) is 30.2 Å². The number of aromatic amines is 1.